The molecule has 1 fully saturated rings. The zero-order chi connectivity index (χ0) is 17.0. The summed E-state index contributed by atoms with van der Waals surface area (Å²) < 4.78 is 5.39. The van der Waals surface area contributed by atoms with Crippen molar-refractivity contribution in [1.82, 2.24) is 10.2 Å². The summed E-state index contributed by atoms with van der Waals surface area (Å²) >= 11 is 1.47. The van der Waals surface area contributed by atoms with Crippen molar-refractivity contribution in [2.24, 2.45) is 5.92 Å². The van der Waals surface area contributed by atoms with Crippen molar-refractivity contribution in [3.63, 3.8) is 0 Å². The first-order chi connectivity index (χ1) is 10.8. The number of nitrogens with one attached hydrogen (secondary N) is 1. The fourth-order valence-electron chi connectivity index (χ4n) is 2.57. The molecule has 0 aromatic carbocycles. The third kappa shape index (κ3) is 5.23. The van der Waals surface area contributed by atoms with Crippen molar-refractivity contribution in [1.29, 1.82) is 0 Å². The summed E-state index contributed by atoms with van der Waals surface area (Å²) in [6.45, 7) is 9.61. The average Bonchev–Trinajstić information content (AvgIpc) is 2.90. The molecule has 1 saturated heterocycles. The normalized spacial score (nSPS) is 16.3. The van der Waals surface area contributed by atoms with Crippen LogP contribution in [0.15, 0.2) is 11.4 Å². The molecule has 2 rings (SSSR count). The fraction of sp³-hybridized carbons (Fsp3) is 0.647. The second-order valence-corrected chi connectivity index (χ2v) is 7.97. The summed E-state index contributed by atoms with van der Waals surface area (Å²) in [5, 5.41) is 4.95. The molecule has 0 atom stereocenters. The van der Waals surface area contributed by atoms with Gasteiger partial charge in [-0.25, -0.2) is 4.79 Å². The van der Waals surface area contributed by atoms with Gasteiger partial charge in [0, 0.05) is 19.6 Å². The zero-order valence-corrected chi connectivity index (χ0v) is 15.2. The quantitative estimate of drug-likeness (QED) is 0.918. The van der Waals surface area contributed by atoms with Gasteiger partial charge < -0.3 is 15.0 Å². The molecule has 0 bridgehead atoms. The van der Waals surface area contributed by atoms with Gasteiger partial charge >= 0.3 is 6.09 Å². The Morgan fingerprint density at radius 1 is 1.35 bits per heavy atom. The summed E-state index contributed by atoms with van der Waals surface area (Å²) in [6.07, 6.45) is 1.54. The first-order valence-electron chi connectivity index (χ1n) is 8.06. The van der Waals surface area contributed by atoms with E-state index in [9.17, 15) is 9.59 Å². The molecular weight excluding hydrogens is 312 g/mol. The molecule has 0 radical (unpaired) electrons. The summed E-state index contributed by atoms with van der Waals surface area (Å²) in [4.78, 5) is 26.7. The van der Waals surface area contributed by atoms with Crippen LogP contribution in [0.5, 0.6) is 0 Å². The topological polar surface area (TPSA) is 58.6 Å². The van der Waals surface area contributed by atoms with Gasteiger partial charge in [0.25, 0.3) is 5.91 Å². The van der Waals surface area contributed by atoms with Crippen molar-refractivity contribution in [3.05, 3.63) is 21.9 Å². The van der Waals surface area contributed by atoms with Crippen LogP contribution in [0.4, 0.5) is 4.79 Å². The minimum atomic E-state index is -0.458. The molecule has 1 aliphatic heterocycles. The van der Waals surface area contributed by atoms with Crippen LogP contribution < -0.4 is 5.32 Å². The number of amides is 2. The van der Waals surface area contributed by atoms with Crippen molar-refractivity contribution in [3.8, 4) is 0 Å². The van der Waals surface area contributed by atoms with Crippen LogP contribution in [-0.2, 0) is 4.74 Å². The number of piperidine rings is 1. The maximum absolute atomic E-state index is 12.1. The highest BCUT2D eigenvalue weighted by Gasteiger charge is 2.27. The van der Waals surface area contributed by atoms with Crippen LogP contribution in [0, 0.1) is 12.8 Å². The Balaban J connectivity index is 1.74. The number of carbonyl (C=O) groups excluding carboxylic acids is 2. The Morgan fingerprint density at radius 3 is 2.52 bits per heavy atom. The summed E-state index contributed by atoms with van der Waals surface area (Å²) in [6, 6.07) is 1.96. The summed E-state index contributed by atoms with van der Waals surface area (Å²) in [7, 11) is 0. The summed E-state index contributed by atoms with van der Waals surface area (Å²) in [5.41, 5.74) is 0.563. The number of nitrogens with zero attached hydrogens (tertiary/aromatic N) is 1. The molecule has 1 aromatic heterocycles. The maximum atomic E-state index is 12.1. The molecule has 0 aliphatic carbocycles. The van der Waals surface area contributed by atoms with Crippen LogP contribution in [-0.4, -0.2) is 42.1 Å². The third-order valence-electron chi connectivity index (χ3n) is 3.89. The van der Waals surface area contributed by atoms with Crippen LogP contribution in [0.3, 0.4) is 0 Å². The van der Waals surface area contributed by atoms with Crippen LogP contribution in [0.1, 0.15) is 48.8 Å². The van der Waals surface area contributed by atoms with E-state index in [0.717, 1.165) is 23.3 Å². The minimum Gasteiger partial charge on any atom is -0.444 e. The van der Waals surface area contributed by atoms with Crippen molar-refractivity contribution >= 4 is 23.3 Å². The average molecular weight is 338 g/mol. The Morgan fingerprint density at radius 2 is 2.00 bits per heavy atom. The second-order valence-electron chi connectivity index (χ2n) is 7.05. The number of carbonyl (C=O) groups is 2. The van der Waals surface area contributed by atoms with Gasteiger partial charge in [0.1, 0.15) is 5.60 Å². The smallest absolute Gasteiger partial charge is 0.410 e. The molecule has 0 unspecified atom stereocenters. The Kier molecular flexibility index (Phi) is 5.68. The van der Waals surface area contributed by atoms with E-state index in [1.165, 1.54) is 11.3 Å². The monoisotopic (exact) mass is 338 g/mol. The Bertz CT molecular complexity index is 554. The lowest BCUT2D eigenvalue weighted by molar-refractivity contribution is 0.0183. The SMILES string of the molecule is Cc1ccsc1C(=O)NCC1CCN(C(=O)OC(C)(C)C)CC1. The molecule has 1 N–H and O–H groups in total. The minimum absolute atomic E-state index is 0.00655. The molecule has 0 spiro atoms. The fourth-order valence-corrected chi connectivity index (χ4v) is 3.41. The van der Waals surface area contributed by atoms with Gasteiger partial charge in [-0.15, -0.1) is 11.3 Å². The van der Waals surface area contributed by atoms with E-state index in [1.807, 2.05) is 39.1 Å². The highest BCUT2D eigenvalue weighted by Crippen LogP contribution is 2.20. The Labute approximate surface area is 142 Å². The molecule has 128 valence electrons. The summed E-state index contributed by atoms with van der Waals surface area (Å²) in [5.74, 6) is 0.421. The predicted octanol–water partition coefficient (Wildman–Crippen LogP) is 3.43. The number of hydrogen-bond donors (Lipinski definition) is 1. The van der Waals surface area contributed by atoms with Crippen molar-refractivity contribution < 1.29 is 14.3 Å². The molecule has 5 nitrogen and oxygen atoms in total. The van der Waals surface area contributed by atoms with E-state index in [1.54, 1.807) is 4.90 Å². The molecule has 0 saturated carbocycles. The first kappa shape index (κ1) is 17.8. The van der Waals surface area contributed by atoms with Crippen molar-refractivity contribution in [2.45, 2.75) is 46.1 Å². The Hall–Kier alpha value is -1.56. The van der Waals surface area contributed by atoms with E-state index < -0.39 is 5.60 Å². The lowest BCUT2D eigenvalue weighted by Gasteiger charge is -2.33. The van der Waals surface area contributed by atoms with E-state index in [2.05, 4.69) is 5.32 Å². The van der Waals surface area contributed by atoms with Gasteiger partial charge in [0.2, 0.25) is 0 Å². The molecule has 23 heavy (non-hydrogen) atoms. The number of ether oxygens (including phenoxy) is 1. The van der Waals surface area contributed by atoms with E-state index >= 15 is 0 Å². The molecule has 2 amide bonds. The van der Waals surface area contributed by atoms with Crippen LogP contribution in [0.25, 0.3) is 0 Å². The number of aryl methyl sites for hydroxylation is 1. The van der Waals surface area contributed by atoms with Gasteiger partial charge in [0.05, 0.1) is 4.88 Å². The number of rotatable bonds is 3. The second kappa shape index (κ2) is 7.34. The highest BCUT2D eigenvalue weighted by atomic mass is 32.1. The van der Waals surface area contributed by atoms with Gasteiger partial charge in [-0.3, -0.25) is 4.79 Å². The van der Waals surface area contributed by atoms with Crippen molar-refractivity contribution in [2.75, 3.05) is 19.6 Å². The third-order valence-corrected chi connectivity index (χ3v) is 4.90. The molecular formula is C17H26N2O3S. The highest BCUT2D eigenvalue weighted by molar-refractivity contribution is 7.12. The van der Waals surface area contributed by atoms with Gasteiger partial charge in [-0.2, -0.15) is 0 Å². The van der Waals surface area contributed by atoms with E-state index in [0.29, 0.717) is 25.6 Å². The number of likely N-dealkylation sites (tertiary alicyclic amines) is 1. The lowest BCUT2D eigenvalue weighted by Crippen LogP contribution is -2.43. The predicted molar refractivity (Wildman–Crippen MR) is 91.9 cm³/mol. The van der Waals surface area contributed by atoms with Gasteiger partial charge in [0.15, 0.2) is 0 Å². The van der Waals surface area contributed by atoms with Crippen LogP contribution >= 0.6 is 11.3 Å². The number of thiophene rings is 1. The molecule has 6 heteroatoms. The first-order valence-corrected chi connectivity index (χ1v) is 8.94. The maximum Gasteiger partial charge on any atom is 0.410 e. The molecule has 1 aliphatic rings. The molecule has 1 aromatic rings. The standard InChI is InChI=1S/C17H26N2O3S/c1-12-7-10-23-14(12)15(20)18-11-13-5-8-19(9-6-13)16(21)22-17(2,3)4/h7,10,13H,5-6,8-9,11H2,1-4H3,(H,18,20). The largest absolute Gasteiger partial charge is 0.444 e. The number of hydrogen-bond acceptors (Lipinski definition) is 4. The van der Waals surface area contributed by atoms with Gasteiger partial charge in [-0.05, 0) is 63.5 Å². The van der Waals surface area contributed by atoms with Crippen LogP contribution in [0.2, 0.25) is 0 Å². The zero-order valence-electron chi connectivity index (χ0n) is 14.3. The molecule has 2 heterocycles. The lowest BCUT2D eigenvalue weighted by atomic mass is 9.97. The van der Waals surface area contributed by atoms with E-state index in [4.69, 9.17) is 4.74 Å². The van der Waals surface area contributed by atoms with Gasteiger partial charge in [-0.1, -0.05) is 0 Å². The van der Waals surface area contributed by atoms with E-state index in [-0.39, 0.29) is 12.0 Å².